The van der Waals surface area contributed by atoms with Gasteiger partial charge in [0.15, 0.2) is 10.1 Å². The van der Waals surface area contributed by atoms with Gasteiger partial charge in [-0.15, -0.1) is 0 Å². The standard InChI is InChI=1S/C36H28B2O2S4/c1-17-13-19(3)31(20(4)14-17)37-33-23(9-11-41-33)27-29-25(43-35(27)39-37)7-8-26-30(29)28-24-10-12-42-34(24)38(40-36(28)44-26)32-21(5)15-18(2)16-22(32)6/h7-16H,1-6H3. The van der Waals surface area contributed by atoms with Gasteiger partial charge < -0.3 is 9.31 Å². The van der Waals surface area contributed by atoms with Crippen LogP contribution in [0.1, 0.15) is 33.4 Å². The zero-order valence-electron chi connectivity index (χ0n) is 25.4. The van der Waals surface area contributed by atoms with Crippen molar-refractivity contribution in [3.63, 3.8) is 0 Å². The number of hydrogen-bond donors (Lipinski definition) is 0. The third-order valence-corrected chi connectivity index (χ3v) is 13.3. The molecule has 2 aliphatic rings. The van der Waals surface area contributed by atoms with Gasteiger partial charge in [0, 0.05) is 40.9 Å². The van der Waals surface area contributed by atoms with Gasteiger partial charge in [0.2, 0.25) is 0 Å². The van der Waals surface area contributed by atoms with E-state index >= 15 is 0 Å². The topological polar surface area (TPSA) is 18.5 Å². The molecule has 0 fully saturated rings. The first-order valence-corrected chi connectivity index (χ1v) is 18.3. The van der Waals surface area contributed by atoms with Crippen LogP contribution in [-0.4, -0.2) is 13.8 Å². The van der Waals surface area contributed by atoms with E-state index in [-0.39, 0.29) is 13.8 Å². The molecule has 214 valence electrons. The molecule has 0 atom stereocenters. The Labute approximate surface area is 274 Å². The summed E-state index contributed by atoms with van der Waals surface area (Å²) in [6.07, 6.45) is 0. The fourth-order valence-corrected chi connectivity index (χ4v) is 11.8. The summed E-state index contributed by atoms with van der Waals surface area (Å²) in [5.74, 6) is 0. The van der Waals surface area contributed by atoms with Crippen LogP contribution in [0.5, 0.6) is 10.1 Å². The second-order valence-electron chi connectivity index (χ2n) is 12.4. The molecule has 0 saturated carbocycles. The molecule has 0 amide bonds. The quantitative estimate of drug-likeness (QED) is 0.176. The molecule has 44 heavy (non-hydrogen) atoms. The molecule has 0 aliphatic carbocycles. The highest BCUT2D eigenvalue weighted by Gasteiger charge is 2.41. The zero-order chi connectivity index (χ0) is 30.0. The highest BCUT2D eigenvalue weighted by Crippen LogP contribution is 2.55. The monoisotopic (exact) mass is 642 g/mol. The summed E-state index contributed by atoms with van der Waals surface area (Å²) < 4.78 is 19.2. The predicted molar refractivity (Wildman–Crippen MR) is 196 cm³/mol. The Balaban J connectivity index is 1.26. The van der Waals surface area contributed by atoms with Crippen LogP contribution < -0.4 is 29.8 Å². The van der Waals surface area contributed by atoms with E-state index in [1.54, 1.807) is 22.7 Å². The fraction of sp³-hybridized carbons (Fsp3) is 0.167. The van der Waals surface area contributed by atoms with Crippen molar-refractivity contribution in [3.05, 3.63) is 92.7 Å². The molecule has 0 radical (unpaired) electrons. The van der Waals surface area contributed by atoms with Crippen LogP contribution in [0, 0.1) is 41.5 Å². The van der Waals surface area contributed by atoms with Crippen LogP contribution >= 0.6 is 45.3 Å². The summed E-state index contributed by atoms with van der Waals surface area (Å²) in [6.45, 7) is 13.0. The first-order valence-electron chi connectivity index (χ1n) is 14.9. The number of rotatable bonds is 2. The number of benzene rings is 3. The van der Waals surface area contributed by atoms with Gasteiger partial charge in [-0.05, 0) is 98.6 Å². The first kappa shape index (κ1) is 27.1. The Kier molecular flexibility index (Phi) is 5.91. The maximum Gasteiger partial charge on any atom is 0.438 e. The molecule has 0 N–H and O–H groups in total. The third-order valence-electron chi connectivity index (χ3n) is 9.30. The fourth-order valence-electron chi connectivity index (χ4n) is 7.76. The van der Waals surface area contributed by atoms with Crippen molar-refractivity contribution in [2.24, 2.45) is 0 Å². The molecule has 0 bridgehead atoms. The number of thiophene rings is 4. The van der Waals surface area contributed by atoms with E-state index in [9.17, 15) is 0 Å². The summed E-state index contributed by atoms with van der Waals surface area (Å²) in [4.78, 5) is 0. The van der Waals surface area contributed by atoms with Gasteiger partial charge in [0.05, 0.1) is 0 Å². The van der Waals surface area contributed by atoms with Crippen LogP contribution in [0.2, 0.25) is 0 Å². The van der Waals surface area contributed by atoms with Crippen molar-refractivity contribution in [2.75, 3.05) is 0 Å². The van der Waals surface area contributed by atoms with Crippen molar-refractivity contribution in [1.82, 2.24) is 0 Å². The van der Waals surface area contributed by atoms with Crippen LogP contribution in [0.4, 0.5) is 0 Å². The van der Waals surface area contributed by atoms with Crippen molar-refractivity contribution in [1.29, 1.82) is 0 Å². The first-order chi connectivity index (χ1) is 21.3. The molecular formula is C36H28B2O2S4. The normalized spacial score (nSPS) is 13.5. The average Bonchev–Trinajstić information content (AvgIpc) is 3.74. The summed E-state index contributed by atoms with van der Waals surface area (Å²) in [5.41, 5.74) is 15.5. The third kappa shape index (κ3) is 3.72. The Morgan fingerprint density at radius 2 is 0.909 bits per heavy atom. The van der Waals surface area contributed by atoms with E-state index in [0.717, 1.165) is 10.1 Å². The van der Waals surface area contributed by atoms with Gasteiger partial charge in [-0.25, -0.2) is 0 Å². The molecule has 4 aromatic heterocycles. The Morgan fingerprint density at radius 1 is 0.523 bits per heavy atom. The molecule has 0 unspecified atom stereocenters. The molecule has 9 rings (SSSR count). The van der Waals surface area contributed by atoms with Gasteiger partial charge >= 0.3 is 13.8 Å². The molecule has 3 aromatic carbocycles. The van der Waals surface area contributed by atoms with Gasteiger partial charge in [-0.3, -0.25) is 0 Å². The molecular weight excluding hydrogens is 614 g/mol. The van der Waals surface area contributed by atoms with E-state index in [0.29, 0.717) is 0 Å². The van der Waals surface area contributed by atoms with E-state index in [1.807, 2.05) is 22.7 Å². The van der Waals surface area contributed by atoms with Crippen molar-refractivity contribution < 1.29 is 9.31 Å². The highest BCUT2D eigenvalue weighted by molar-refractivity contribution is 7.27. The average molecular weight is 643 g/mol. The minimum absolute atomic E-state index is 0.0911. The Bertz CT molecular complexity index is 2130. The second kappa shape index (κ2) is 9.60. The molecule has 8 heteroatoms. The van der Waals surface area contributed by atoms with Crippen molar-refractivity contribution in [3.8, 4) is 32.4 Å². The van der Waals surface area contributed by atoms with Crippen LogP contribution in [-0.2, 0) is 0 Å². The molecule has 7 aromatic rings. The number of fused-ring (bicyclic) bond motifs is 11. The molecule has 2 nitrogen and oxygen atoms in total. The molecule has 2 aliphatic heterocycles. The summed E-state index contributed by atoms with van der Waals surface area (Å²) in [7, 11) is 0. The Morgan fingerprint density at radius 3 is 1.30 bits per heavy atom. The van der Waals surface area contributed by atoms with E-state index in [1.165, 1.54) is 96.3 Å². The van der Waals surface area contributed by atoms with Crippen LogP contribution in [0.15, 0.2) is 59.3 Å². The van der Waals surface area contributed by atoms with Gasteiger partial charge in [0.1, 0.15) is 0 Å². The van der Waals surface area contributed by atoms with E-state index < -0.39 is 0 Å². The Hall–Kier alpha value is -3.29. The van der Waals surface area contributed by atoms with Gasteiger partial charge in [-0.1, -0.05) is 80.3 Å². The van der Waals surface area contributed by atoms with Crippen molar-refractivity contribution >= 4 is 99.8 Å². The largest absolute Gasteiger partial charge is 0.543 e. The highest BCUT2D eigenvalue weighted by atomic mass is 32.1. The zero-order valence-corrected chi connectivity index (χ0v) is 28.6. The predicted octanol–water partition coefficient (Wildman–Crippen LogP) is 8.42. The maximum atomic E-state index is 7.03. The number of aryl methyl sites for hydroxylation is 6. The SMILES string of the molecule is Cc1cc(C)c(B2Oc3sc4ccc5sc6c(c5c4c3-c3ccsc32)-c2ccsc2B(c2c(C)cc(C)cc2C)O6)c(C)c1. The lowest BCUT2D eigenvalue weighted by atomic mass is 9.54. The smallest absolute Gasteiger partial charge is 0.438 e. The summed E-state index contributed by atoms with van der Waals surface area (Å²) >= 11 is 7.19. The molecule has 6 heterocycles. The molecule has 0 saturated heterocycles. The second-order valence-corrected chi connectivity index (χ2v) is 16.3. The van der Waals surface area contributed by atoms with E-state index in [2.05, 4.69) is 101 Å². The minimum atomic E-state index is -0.0911. The number of hydrogen-bond acceptors (Lipinski definition) is 6. The van der Waals surface area contributed by atoms with Crippen molar-refractivity contribution in [2.45, 2.75) is 41.5 Å². The van der Waals surface area contributed by atoms with Crippen LogP contribution in [0.3, 0.4) is 0 Å². The van der Waals surface area contributed by atoms with Gasteiger partial charge in [-0.2, -0.15) is 22.7 Å². The minimum Gasteiger partial charge on any atom is -0.543 e. The lowest BCUT2D eigenvalue weighted by molar-refractivity contribution is 0.608. The lowest BCUT2D eigenvalue weighted by Gasteiger charge is -2.25. The van der Waals surface area contributed by atoms with Gasteiger partial charge in [0.25, 0.3) is 0 Å². The lowest BCUT2D eigenvalue weighted by Crippen LogP contribution is -2.50. The maximum absolute atomic E-state index is 7.03. The molecule has 0 spiro atoms. The van der Waals surface area contributed by atoms with Crippen LogP contribution in [0.25, 0.3) is 42.4 Å². The summed E-state index contributed by atoms with van der Waals surface area (Å²) in [6, 6.07) is 18.3. The van der Waals surface area contributed by atoms with E-state index in [4.69, 9.17) is 9.31 Å². The summed E-state index contributed by atoms with van der Waals surface area (Å²) in [5, 5.41) is 9.12.